The lowest BCUT2D eigenvalue weighted by Gasteiger charge is -2.14. The van der Waals surface area contributed by atoms with Crippen LogP contribution in [0.2, 0.25) is 0 Å². The van der Waals surface area contributed by atoms with Crippen molar-refractivity contribution in [3.8, 4) is 11.5 Å². The Labute approximate surface area is 231 Å². The summed E-state index contributed by atoms with van der Waals surface area (Å²) < 4.78 is 42.8. The molecule has 0 atom stereocenters. The third-order valence-corrected chi connectivity index (χ3v) is 7.70. The predicted octanol–water partition coefficient (Wildman–Crippen LogP) is 5.15. The van der Waals surface area contributed by atoms with E-state index in [-0.39, 0.29) is 28.1 Å². The quantitative estimate of drug-likeness (QED) is 0.0823. The van der Waals surface area contributed by atoms with Crippen LogP contribution in [-0.2, 0) is 14.9 Å². The summed E-state index contributed by atoms with van der Waals surface area (Å²) in [7, 11) is -4.06. The zero-order valence-corrected chi connectivity index (χ0v) is 23.6. The second-order valence-electron chi connectivity index (χ2n) is 7.64. The maximum atomic E-state index is 12.8. The second-order valence-corrected chi connectivity index (χ2v) is 11.3. The number of para-hydroxylation sites is 2. The Morgan fingerprint density at radius 2 is 1.95 bits per heavy atom. The van der Waals surface area contributed by atoms with E-state index in [2.05, 4.69) is 15.5 Å². The van der Waals surface area contributed by atoms with Crippen LogP contribution in [-0.4, -0.2) is 37.9 Å². The van der Waals surface area contributed by atoms with E-state index >= 15 is 0 Å². The van der Waals surface area contributed by atoms with E-state index in [0.29, 0.717) is 26.5 Å². The first-order valence-electron chi connectivity index (χ1n) is 11.0. The maximum absolute atomic E-state index is 12.8. The Morgan fingerprint density at radius 1 is 1.19 bits per heavy atom. The van der Waals surface area contributed by atoms with Gasteiger partial charge in [0.15, 0.2) is 17.1 Å². The Bertz CT molecular complexity index is 1520. The van der Waals surface area contributed by atoms with Crippen molar-refractivity contribution in [2.75, 3.05) is 12.4 Å². The number of aromatic nitrogens is 1. The van der Waals surface area contributed by atoms with Crippen molar-refractivity contribution < 1.29 is 26.5 Å². The van der Waals surface area contributed by atoms with Gasteiger partial charge in [-0.2, -0.15) is 13.5 Å². The average Bonchev–Trinajstić information content (AvgIpc) is 3.28. The summed E-state index contributed by atoms with van der Waals surface area (Å²) in [4.78, 5) is 16.6. The third-order valence-electron chi connectivity index (χ3n) is 4.84. The minimum Gasteiger partial charge on any atom is -0.490 e. The lowest BCUT2D eigenvalue weighted by molar-refractivity contribution is -0.118. The number of hydrogen-bond donors (Lipinski definition) is 1. The number of hydrazone groups is 1. The normalized spacial score (nSPS) is 11.6. The molecule has 1 N–H and O–H groups in total. The van der Waals surface area contributed by atoms with Gasteiger partial charge in [0, 0.05) is 0 Å². The van der Waals surface area contributed by atoms with Gasteiger partial charge in [0.05, 0.1) is 22.1 Å². The van der Waals surface area contributed by atoms with Gasteiger partial charge in [-0.05, 0) is 78.4 Å². The number of nitrogens with one attached hydrogen (secondary N) is 1. The van der Waals surface area contributed by atoms with Crippen LogP contribution in [0.3, 0.4) is 0 Å². The number of nitrogens with zero attached hydrogens (tertiary/aromatic N) is 2. The van der Waals surface area contributed by atoms with Crippen molar-refractivity contribution >= 4 is 67.7 Å². The number of carbonyl (C=O) groups excluding carboxylic acids is 1. The molecule has 0 fully saturated rings. The lowest BCUT2D eigenvalue weighted by Crippen LogP contribution is -2.19. The van der Waals surface area contributed by atoms with E-state index in [1.54, 1.807) is 31.2 Å². The molecule has 0 saturated heterocycles. The van der Waals surface area contributed by atoms with Crippen molar-refractivity contribution in [1.29, 1.82) is 0 Å². The molecule has 4 aromatic rings. The van der Waals surface area contributed by atoms with E-state index in [9.17, 15) is 13.2 Å². The highest BCUT2D eigenvalue weighted by molar-refractivity contribution is 14.1. The molecule has 0 unspecified atom stereocenters. The summed E-state index contributed by atoms with van der Waals surface area (Å²) >= 11 is 3.13. The van der Waals surface area contributed by atoms with Gasteiger partial charge in [-0.3, -0.25) is 4.79 Å². The van der Waals surface area contributed by atoms with Crippen molar-refractivity contribution in [1.82, 2.24) is 10.4 Å². The summed E-state index contributed by atoms with van der Waals surface area (Å²) in [6, 6.07) is 17.0. The van der Waals surface area contributed by atoms with E-state index in [1.165, 1.54) is 18.3 Å². The molecule has 9 nitrogen and oxygen atoms in total. The molecule has 0 spiro atoms. The number of rotatable bonds is 10. The van der Waals surface area contributed by atoms with Crippen molar-refractivity contribution in [3.05, 3.63) is 75.4 Å². The molecule has 0 aliphatic carbocycles. The lowest BCUT2D eigenvalue weighted by atomic mass is 10.2. The number of carbonyl (C=O) groups is 1. The van der Waals surface area contributed by atoms with Gasteiger partial charge in [-0.25, -0.2) is 10.4 Å². The van der Waals surface area contributed by atoms with E-state index in [0.717, 1.165) is 22.8 Å². The molecule has 0 bridgehead atoms. The number of ether oxygens (including phenoxy) is 1. The average molecular weight is 652 g/mol. The van der Waals surface area contributed by atoms with Crippen LogP contribution in [0.1, 0.15) is 18.1 Å². The van der Waals surface area contributed by atoms with E-state index < -0.39 is 10.1 Å². The monoisotopic (exact) mass is 651 g/mol. The number of hydrogen-bond acceptors (Lipinski definition) is 9. The van der Waals surface area contributed by atoms with Crippen LogP contribution in [0.4, 0.5) is 0 Å². The largest absolute Gasteiger partial charge is 0.490 e. The smallest absolute Gasteiger partial charge is 0.339 e. The van der Waals surface area contributed by atoms with Crippen molar-refractivity contribution in [2.24, 2.45) is 5.10 Å². The van der Waals surface area contributed by atoms with Crippen LogP contribution in [0.25, 0.3) is 11.1 Å². The number of fused-ring (bicyclic) bond motifs is 1. The highest BCUT2D eigenvalue weighted by Gasteiger charge is 2.22. The minimum absolute atomic E-state index is 0.0421. The van der Waals surface area contributed by atoms with Gasteiger partial charge in [0.2, 0.25) is 0 Å². The molecule has 192 valence electrons. The van der Waals surface area contributed by atoms with Crippen LogP contribution < -0.4 is 14.3 Å². The number of thioether (sulfide) groups is 1. The van der Waals surface area contributed by atoms with Crippen LogP contribution >= 0.6 is 34.4 Å². The topological polar surface area (TPSA) is 120 Å². The fraction of sp³-hybridized carbons (Fsp3) is 0.160. The summed E-state index contributed by atoms with van der Waals surface area (Å²) in [6.07, 6.45) is 1.44. The van der Waals surface area contributed by atoms with Crippen molar-refractivity contribution in [2.45, 2.75) is 24.0 Å². The first kappa shape index (κ1) is 26.9. The zero-order valence-electron chi connectivity index (χ0n) is 19.8. The molecule has 37 heavy (non-hydrogen) atoms. The fourth-order valence-corrected chi connectivity index (χ4v) is 5.59. The number of amides is 1. The number of benzene rings is 3. The SMILES string of the molecule is CCOc1cc(/C=N\NC(=O)CSc2nc3ccccc3o2)cc(I)c1OS(=O)(=O)c1ccc(C)cc1. The molecule has 0 aliphatic heterocycles. The zero-order chi connectivity index (χ0) is 26.4. The molecule has 0 saturated carbocycles. The van der Waals surface area contributed by atoms with Gasteiger partial charge in [-0.15, -0.1) is 0 Å². The van der Waals surface area contributed by atoms with Crippen LogP contribution in [0.15, 0.2) is 80.3 Å². The molecule has 4 rings (SSSR count). The molecular formula is C25H22IN3O6S2. The Morgan fingerprint density at radius 3 is 2.68 bits per heavy atom. The Hall–Kier alpha value is -3.10. The van der Waals surface area contributed by atoms with Gasteiger partial charge in [-0.1, -0.05) is 41.6 Å². The Balaban J connectivity index is 1.42. The number of aryl methyl sites for hydroxylation is 1. The molecule has 1 heterocycles. The van der Waals surface area contributed by atoms with Crippen LogP contribution in [0.5, 0.6) is 11.5 Å². The molecule has 0 aliphatic rings. The summed E-state index contributed by atoms with van der Waals surface area (Å²) in [5, 5.41) is 4.39. The molecule has 3 aromatic carbocycles. The molecular weight excluding hydrogens is 629 g/mol. The van der Waals surface area contributed by atoms with E-state index in [4.69, 9.17) is 13.3 Å². The minimum atomic E-state index is -4.06. The summed E-state index contributed by atoms with van der Waals surface area (Å²) in [6.45, 7) is 3.94. The van der Waals surface area contributed by atoms with E-state index in [1.807, 2.05) is 53.8 Å². The molecule has 12 heteroatoms. The van der Waals surface area contributed by atoms with Crippen LogP contribution in [0, 0.1) is 10.5 Å². The third kappa shape index (κ3) is 7.02. The van der Waals surface area contributed by atoms with Gasteiger partial charge in [0.25, 0.3) is 11.1 Å². The second kappa shape index (κ2) is 12.0. The van der Waals surface area contributed by atoms with Gasteiger partial charge < -0.3 is 13.3 Å². The number of halogens is 1. The summed E-state index contributed by atoms with van der Waals surface area (Å²) in [5.41, 5.74) is 5.35. The van der Waals surface area contributed by atoms with Gasteiger partial charge >= 0.3 is 10.1 Å². The predicted molar refractivity (Wildman–Crippen MR) is 150 cm³/mol. The highest BCUT2D eigenvalue weighted by atomic mass is 127. The highest BCUT2D eigenvalue weighted by Crippen LogP contribution is 2.36. The standard InChI is InChI=1S/C25H22IN3O6S2/c1-3-33-22-13-17(12-19(26)24(22)35-37(31,32)18-10-8-16(2)9-11-18)14-27-29-23(30)15-36-25-28-20-6-4-5-7-21(20)34-25/h4-14H,3,15H2,1-2H3,(H,29,30)/b27-14-. The Kier molecular flexibility index (Phi) is 8.71. The first-order chi connectivity index (χ1) is 17.7. The van der Waals surface area contributed by atoms with Crippen molar-refractivity contribution in [3.63, 3.8) is 0 Å². The molecule has 1 aromatic heterocycles. The fourth-order valence-electron chi connectivity index (χ4n) is 3.12. The van der Waals surface area contributed by atoms with Gasteiger partial charge in [0.1, 0.15) is 10.4 Å². The maximum Gasteiger partial charge on any atom is 0.339 e. The summed E-state index contributed by atoms with van der Waals surface area (Å²) in [5.74, 6) is 0.0472. The first-order valence-corrected chi connectivity index (χ1v) is 14.5. The molecule has 0 radical (unpaired) electrons. The molecule has 1 amide bonds. The number of oxazole rings is 1.